The van der Waals surface area contributed by atoms with Crippen molar-refractivity contribution in [2.75, 3.05) is 34.0 Å². The summed E-state index contributed by atoms with van der Waals surface area (Å²) in [6.45, 7) is 16.3. The number of esters is 3. The van der Waals surface area contributed by atoms with E-state index < -0.39 is 11.9 Å². The minimum atomic E-state index is -0.546. The summed E-state index contributed by atoms with van der Waals surface area (Å²) in [6, 6.07) is 12.5. The number of methoxy groups -OCH3 is 2. The Morgan fingerprint density at radius 2 is 1.38 bits per heavy atom. The summed E-state index contributed by atoms with van der Waals surface area (Å²) in [5.74, 6) is 4.11. The average molecular weight is 873 g/mol. The first kappa shape index (κ1) is 48.5. The van der Waals surface area contributed by atoms with Gasteiger partial charge in [0.15, 0.2) is 5.78 Å². The van der Waals surface area contributed by atoms with Gasteiger partial charge in [0.25, 0.3) is 0 Å². The number of ketones is 2. The van der Waals surface area contributed by atoms with Crippen LogP contribution in [0.15, 0.2) is 42.5 Å². The fourth-order valence-corrected chi connectivity index (χ4v) is 12.5. The molecule has 2 aromatic rings. The highest BCUT2D eigenvalue weighted by Crippen LogP contribution is 2.56. The number of carbonyl (C=O) groups excluding carboxylic acids is 5. The summed E-state index contributed by atoms with van der Waals surface area (Å²) in [7, 11) is 2.54. The summed E-state index contributed by atoms with van der Waals surface area (Å²) in [6.07, 6.45) is 13.7. The van der Waals surface area contributed by atoms with E-state index in [1.54, 1.807) is 25.1 Å². The first-order valence-electron chi connectivity index (χ1n) is 23.6. The van der Waals surface area contributed by atoms with Crippen molar-refractivity contribution in [3.63, 3.8) is 0 Å². The Hall–Kier alpha value is -3.93. The fraction of sp³-hybridized carbons (Fsp3) is 0.673. The fourth-order valence-electron chi connectivity index (χ4n) is 12.5. The third-order valence-electron chi connectivity index (χ3n) is 15.3. The summed E-state index contributed by atoms with van der Waals surface area (Å²) < 4.78 is 31.6. The Morgan fingerprint density at radius 3 is 1.98 bits per heavy atom. The molecule has 63 heavy (non-hydrogen) atoms. The zero-order valence-corrected chi connectivity index (χ0v) is 39.2. The van der Waals surface area contributed by atoms with Gasteiger partial charge in [-0.15, -0.1) is 0 Å². The van der Waals surface area contributed by atoms with Crippen LogP contribution in [-0.4, -0.2) is 87.9 Å². The van der Waals surface area contributed by atoms with Crippen LogP contribution in [0.5, 0.6) is 0 Å². The van der Waals surface area contributed by atoms with Gasteiger partial charge in [0.2, 0.25) is 0 Å². The minimum Gasteiger partial charge on any atom is -0.465 e. The van der Waals surface area contributed by atoms with Crippen LogP contribution in [0.25, 0.3) is 0 Å². The van der Waals surface area contributed by atoms with Crippen LogP contribution in [0, 0.1) is 66.6 Å². The van der Waals surface area contributed by atoms with Gasteiger partial charge in [-0.1, -0.05) is 42.8 Å². The van der Waals surface area contributed by atoms with Gasteiger partial charge in [0, 0.05) is 43.1 Å². The molecule has 0 N–H and O–H groups in total. The van der Waals surface area contributed by atoms with E-state index in [-0.39, 0.29) is 53.0 Å². The highest BCUT2D eigenvalue weighted by molar-refractivity contribution is 6.03. The highest BCUT2D eigenvalue weighted by Gasteiger charge is 2.62. The third-order valence-corrected chi connectivity index (χ3v) is 15.3. The number of rotatable bonds is 9. The summed E-state index contributed by atoms with van der Waals surface area (Å²) >= 11 is 0. The molecule has 11 nitrogen and oxygen atoms in total. The maximum Gasteiger partial charge on any atom is 0.338 e. The SMILES string of the molecule is CC(=O)c1ccccc1C.CCOC1C2CC3C(=O)OC1C3C2.CCOC1C2CC3CC(C2)C(=O)C1C3.CCOC1CC2CCC1(C)C2.COC(=O)c1ccc(C)cc1C(=O)OC. The lowest BCUT2D eigenvalue weighted by Crippen LogP contribution is -2.54. The van der Waals surface area contributed by atoms with Crippen molar-refractivity contribution in [2.24, 2.45) is 52.8 Å². The second-order valence-corrected chi connectivity index (χ2v) is 19.4. The molecule has 8 bridgehead atoms. The third kappa shape index (κ3) is 10.8. The molecule has 8 aliphatic carbocycles. The number of Topliss-reactive ketones (excluding diaryl/α,β-unsaturated/α-hetero) is 2. The summed E-state index contributed by atoms with van der Waals surface area (Å²) in [4.78, 5) is 56.9. The van der Waals surface area contributed by atoms with Crippen LogP contribution in [0.1, 0.15) is 141 Å². The summed E-state index contributed by atoms with van der Waals surface area (Å²) in [5.41, 5.74) is 3.75. The van der Waals surface area contributed by atoms with Crippen molar-refractivity contribution in [1.29, 1.82) is 0 Å². The second-order valence-electron chi connectivity index (χ2n) is 19.4. The van der Waals surface area contributed by atoms with Crippen LogP contribution in [0.2, 0.25) is 0 Å². The number of hydrogen-bond acceptors (Lipinski definition) is 11. The molecule has 11 heteroatoms. The van der Waals surface area contributed by atoms with Crippen molar-refractivity contribution in [1.82, 2.24) is 0 Å². The van der Waals surface area contributed by atoms with Gasteiger partial charge in [-0.25, -0.2) is 9.59 Å². The molecule has 0 spiro atoms. The smallest absolute Gasteiger partial charge is 0.338 e. The van der Waals surface area contributed by atoms with Crippen LogP contribution < -0.4 is 0 Å². The van der Waals surface area contributed by atoms with E-state index in [9.17, 15) is 24.0 Å². The van der Waals surface area contributed by atoms with Gasteiger partial charge in [-0.05, 0) is 153 Å². The molecule has 9 aliphatic rings. The van der Waals surface area contributed by atoms with Crippen LogP contribution in [0.4, 0.5) is 0 Å². The van der Waals surface area contributed by atoms with Gasteiger partial charge in [-0.3, -0.25) is 14.4 Å². The molecular formula is C52H72O11. The number of ether oxygens (including phenoxy) is 6. The molecule has 2 aromatic carbocycles. The molecule has 9 fully saturated rings. The Morgan fingerprint density at radius 1 is 0.714 bits per heavy atom. The molecule has 0 amide bonds. The predicted octanol–water partition coefficient (Wildman–Crippen LogP) is 9.37. The lowest BCUT2D eigenvalue weighted by atomic mass is 9.54. The number of carbonyl (C=O) groups is 5. The Kier molecular flexibility index (Phi) is 16.5. The number of fused-ring (bicyclic) bond motifs is 3. The second kappa shape index (κ2) is 21.4. The highest BCUT2D eigenvalue weighted by atomic mass is 16.6. The normalized spacial score (nSPS) is 34.0. The van der Waals surface area contributed by atoms with E-state index in [1.807, 2.05) is 52.0 Å². The van der Waals surface area contributed by atoms with E-state index in [4.69, 9.17) is 18.9 Å². The zero-order valence-electron chi connectivity index (χ0n) is 39.2. The van der Waals surface area contributed by atoms with Crippen molar-refractivity contribution in [3.05, 3.63) is 70.3 Å². The summed E-state index contributed by atoms with van der Waals surface area (Å²) in [5, 5.41) is 0. The maximum atomic E-state index is 12.0. The zero-order chi connectivity index (χ0) is 45.6. The lowest BCUT2D eigenvalue weighted by Gasteiger charge is -2.52. The molecule has 1 aliphatic heterocycles. The standard InChI is InChI=1S/C12H18O2.C11H12O4.C10H14O3.C10H18O.C9H10O/c1-2-14-12-9-4-7-3-8(6-9)11(13)10(12)5-7;1-7-4-5-8(10(12)14-2)9(6-7)11(13)15-3;1-2-12-8-5-3-6-7(4-5)10(11)13-9(6)8;1-3-11-9-6-8-4-5-10(9,2)7-8;1-7-5-3-4-6-9(7)8(2)10/h7-10,12H,2-6H2,1H3;4-6H,1-3H3;5-9H,2-4H2,1H3;8-9H,3-7H2,1-2H3;3-6H,1-2H3. The minimum absolute atomic E-state index is 0.0275. The van der Waals surface area contributed by atoms with Gasteiger partial charge in [-0.2, -0.15) is 0 Å². The van der Waals surface area contributed by atoms with Crippen molar-refractivity contribution < 1.29 is 52.4 Å². The van der Waals surface area contributed by atoms with Crippen molar-refractivity contribution in [3.8, 4) is 0 Å². The Bertz CT molecular complexity index is 1940. The molecule has 13 atom stereocenters. The lowest BCUT2D eigenvalue weighted by molar-refractivity contribution is -0.161. The molecule has 11 rings (SSSR count). The van der Waals surface area contributed by atoms with Crippen LogP contribution in [0.3, 0.4) is 0 Å². The molecule has 13 unspecified atom stereocenters. The van der Waals surface area contributed by atoms with E-state index in [1.165, 1.54) is 52.7 Å². The number of benzene rings is 2. The van der Waals surface area contributed by atoms with E-state index in [2.05, 4.69) is 23.3 Å². The Balaban J connectivity index is 0.000000132. The molecule has 8 saturated carbocycles. The largest absolute Gasteiger partial charge is 0.465 e. The number of aryl methyl sites for hydroxylation is 2. The van der Waals surface area contributed by atoms with Gasteiger partial charge < -0.3 is 28.4 Å². The van der Waals surface area contributed by atoms with E-state index in [0.29, 0.717) is 41.0 Å². The first-order valence-corrected chi connectivity index (χ1v) is 23.6. The molecule has 1 saturated heterocycles. The quantitative estimate of drug-likeness (QED) is 0.135. The molecule has 0 radical (unpaired) electrons. The average Bonchev–Trinajstić information content (AvgIpc) is 4.07. The number of hydrogen-bond donors (Lipinski definition) is 0. The topological polar surface area (TPSA) is 141 Å². The van der Waals surface area contributed by atoms with Crippen LogP contribution >= 0.6 is 0 Å². The van der Waals surface area contributed by atoms with Gasteiger partial charge in [0.1, 0.15) is 11.9 Å². The molecule has 1 heterocycles. The van der Waals surface area contributed by atoms with Crippen LogP contribution in [-0.2, 0) is 38.0 Å². The molecule has 346 valence electrons. The van der Waals surface area contributed by atoms with Gasteiger partial charge in [0.05, 0.1) is 49.6 Å². The van der Waals surface area contributed by atoms with Crippen molar-refractivity contribution >= 4 is 29.5 Å². The molecule has 0 aromatic heterocycles. The van der Waals surface area contributed by atoms with Gasteiger partial charge >= 0.3 is 17.9 Å². The Labute approximate surface area is 375 Å². The predicted molar refractivity (Wildman–Crippen MR) is 238 cm³/mol. The monoisotopic (exact) mass is 873 g/mol. The maximum absolute atomic E-state index is 12.0. The first-order chi connectivity index (χ1) is 30.2. The van der Waals surface area contributed by atoms with E-state index >= 15 is 0 Å². The van der Waals surface area contributed by atoms with E-state index in [0.717, 1.165) is 74.0 Å². The molecular weight excluding hydrogens is 801 g/mol. The van der Waals surface area contributed by atoms with Crippen molar-refractivity contribution in [2.45, 2.75) is 137 Å².